The lowest BCUT2D eigenvalue weighted by Gasteiger charge is -2.21. The quantitative estimate of drug-likeness (QED) is 0.913. The molecule has 1 aromatic carbocycles. The molecule has 0 spiro atoms. The van der Waals surface area contributed by atoms with Gasteiger partial charge in [-0.25, -0.2) is 4.79 Å². The first kappa shape index (κ1) is 13.1. The smallest absolute Gasteiger partial charge is 0.335 e. The number of carboxylic acid groups (broad SMARTS) is 1. The maximum Gasteiger partial charge on any atom is 0.335 e. The number of carboxylic acids is 1. The fourth-order valence-electron chi connectivity index (χ4n) is 2.00. The maximum absolute atomic E-state index is 11.0. The zero-order valence-corrected chi connectivity index (χ0v) is 11.0. The largest absolute Gasteiger partial charge is 0.478 e. The summed E-state index contributed by atoms with van der Waals surface area (Å²) < 4.78 is 0. The normalized spacial score (nSPS) is 10.2. The number of pyridine rings is 1. The van der Waals surface area contributed by atoms with Gasteiger partial charge in [-0.05, 0) is 36.2 Å². The van der Waals surface area contributed by atoms with Crippen molar-refractivity contribution in [3.63, 3.8) is 0 Å². The van der Waals surface area contributed by atoms with Gasteiger partial charge in [-0.15, -0.1) is 0 Å². The Bertz CT molecular complexity index is 582. The van der Waals surface area contributed by atoms with Crippen LogP contribution >= 0.6 is 0 Å². The van der Waals surface area contributed by atoms with Gasteiger partial charge in [0.05, 0.1) is 5.56 Å². The van der Waals surface area contributed by atoms with Crippen LogP contribution in [-0.2, 0) is 6.54 Å². The van der Waals surface area contributed by atoms with Crippen LogP contribution in [0.1, 0.15) is 21.5 Å². The van der Waals surface area contributed by atoms with Crippen molar-refractivity contribution < 1.29 is 9.90 Å². The van der Waals surface area contributed by atoms with E-state index >= 15 is 0 Å². The van der Waals surface area contributed by atoms with Gasteiger partial charge >= 0.3 is 5.97 Å². The van der Waals surface area contributed by atoms with Crippen LogP contribution in [0.4, 0.5) is 5.69 Å². The lowest BCUT2D eigenvalue weighted by molar-refractivity contribution is 0.0697. The molecule has 4 nitrogen and oxygen atoms in total. The topological polar surface area (TPSA) is 53.4 Å². The summed E-state index contributed by atoms with van der Waals surface area (Å²) in [7, 11) is 1.95. The van der Waals surface area contributed by atoms with Crippen molar-refractivity contribution in [2.75, 3.05) is 11.9 Å². The van der Waals surface area contributed by atoms with E-state index in [0.717, 1.165) is 16.8 Å². The molecule has 98 valence electrons. The van der Waals surface area contributed by atoms with Gasteiger partial charge in [0.2, 0.25) is 0 Å². The van der Waals surface area contributed by atoms with Crippen LogP contribution in [0.3, 0.4) is 0 Å². The Morgan fingerprint density at radius 2 is 2.16 bits per heavy atom. The van der Waals surface area contributed by atoms with Gasteiger partial charge in [0.1, 0.15) is 0 Å². The van der Waals surface area contributed by atoms with E-state index < -0.39 is 5.97 Å². The van der Waals surface area contributed by atoms with E-state index in [1.165, 1.54) is 0 Å². The Hall–Kier alpha value is -2.36. The monoisotopic (exact) mass is 256 g/mol. The fraction of sp³-hybridized carbons (Fsp3) is 0.200. The first-order chi connectivity index (χ1) is 9.08. The third-order valence-corrected chi connectivity index (χ3v) is 3.01. The summed E-state index contributed by atoms with van der Waals surface area (Å²) in [5, 5.41) is 9.04. The molecule has 0 aliphatic heterocycles. The van der Waals surface area contributed by atoms with E-state index in [1.54, 1.807) is 18.3 Å². The van der Waals surface area contributed by atoms with Crippen molar-refractivity contribution >= 4 is 11.7 Å². The predicted octanol–water partition coefficient (Wildman–Crippen LogP) is 2.72. The minimum atomic E-state index is -0.906. The van der Waals surface area contributed by atoms with Crippen molar-refractivity contribution in [3.8, 4) is 0 Å². The summed E-state index contributed by atoms with van der Waals surface area (Å²) >= 11 is 0. The predicted molar refractivity (Wildman–Crippen MR) is 74.5 cm³/mol. The molecule has 19 heavy (non-hydrogen) atoms. The number of benzene rings is 1. The molecule has 0 aliphatic carbocycles. The molecule has 2 rings (SSSR count). The SMILES string of the molecule is Cc1ccc(C(=O)O)cc1N(C)Cc1cccnc1. The van der Waals surface area contributed by atoms with Crippen molar-refractivity contribution in [3.05, 3.63) is 59.4 Å². The number of aryl methyl sites for hydroxylation is 1. The molecule has 0 aliphatic rings. The van der Waals surface area contributed by atoms with Crippen molar-refractivity contribution in [1.29, 1.82) is 0 Å². The first-order valence-electron chi connectivity index (χ1n) is 6.02. The van der Waals surface area contributed by atoms with Gasteiger partial charge in [-0.2, -0.15) is 0 Å². The summed E-state index contributed by atoms with van der Waals surface area (Å²) in [6.07, 6.45) is 3.55. The Balaban J connectivity index is 2.25. The van der Waals surface area contributed by atoms with Crippen molar-refractivity contribution in [1.82, 2.24) is 4.98 Å². The minimum Gasteiger partial charge on any atom is -0.478 e. The van der Waals surface area contributed by atoms with Gasteiger partial charge < -0.3 is 10.0 Å². The van der Waals surface area contributed by atoms with E-state index in [-0.39, 0.29) is 0 Å². The molecular formula is C15H16N2O2. The molecule has 0 bridgehead atoms. The van der Waals surface area contributed by atoms with Gasteiger partial charge in [0.25, 0.3) is 0 Å². The molecule has 1 heterocycles. The van der Waals surface area contributed by atoms with Crippen LogP contribution in [-0.4, -0.2) is 23.1 Å². The molecule has 1 N–H and O–H groups in total. The van der Waals surface area contributed by atoms with Crippen LogP contribution in [0.5, 0.6) is 0 Å². The number of aromatic carboxylic acids is 1. The van der Waals surface area contributed by atoms with Crippen LogP contribution in [0.15, 0.2) is 42.7 Å². The number of rotatable bonds is 4. The van der Waals surface area contributed by atoms with E-state index in [4.69, 9.17) is 5.11 Å². The summed E-state index contributed by atoms with van der Waals surface area (Å²) in [5.74, 6) is -0.906. The van der Waals surface area contributed by atoms with Crippen LogP contribution in [0.2, 0.25) is 0 Å². The molecule has 0 saturated heterocycles. The molecule has 0 unspecified atom stereocenters. The fourth-order valence-corrected chi connectivity index (χ4v) is 2.00. The number of nitrogens with zero attached hydrogens (tertiary/aromatic N) is 2. The highest BCUT2D eigenvalue weighted by Gasteiger charge is 2.10. The van der Waals surface area contributed by atoms with Gasteiger partial charge in [-0.3, -0.25) is 4.98 Å². The third-order valence-electron chi connectivity index (χ3n) is 3.01. The zero-order valence-electron chi connectivity index (χ0n) is 11.0. The Labute approximate surface area is 112 Å². The molecule has 0 saturated carbocycles. The Kier molecular flexibility index (Phi) is 3.80. The second-order valence-electron chi connectivity index (χ2n) is 4.52. The lowest BCUT2D eigenvalue weighted by atomic mass is 10.1. The molecule has 4 heteroatoms. The second-order valence-corrected chi connectivity index (χ2v) is 4.52. The van der Waals surface area contributed by atoms with Crippen molar-refractivity contribution in [2.24, 2.45) is 0 Å². The summed E-state index contributed by atoms with van der Waals surface area (Å²) in [6.45, 7) is 2.67. The lowest BCUT2D eigenvalue weighted by Crippen LogP contribution is -2.18. The highest BCUT2D eigenvalue weighted by molar-refractivity contribution is 5.89. The van der Waals surface area contributed by atoms with E-state index in [1.807, 2.05) is 43.3 Å². The van der Waals surface area contributed by atoms with Gasteiger partial charge in [-0.1, -0.05) is 12.1 Å². The molecule has 0 radical (unpaired) electrons. The molecule has 2 aromatic rings. The highest BCUT2D eigenvalue weighted by Crippen LogP contribution is 2.22. The van der Waals surface area contributed by atoms with Gasteiger partial charge in [0, 0.05) is 31.7 Å². The average Bonchev–Trinajstić information content (AvgIpc) is 2.40. The summed E-state index contributed by atoms with van der Waals surface area (Å²) in [5.41, 5.74) is 3.36. The van der Waals surface area contributed by atoms with Crippen LogP contribution in [0, 0.1) is 6.92 Å². The van der Waals surface area contributed by atoms with Crippen molar-refractivity contribution in [2.45, 2.75) is 13.5 Å². The Morgan fingerprint density at radius 1 is 1.37 bits per heavy atom. The van der Waals surface area contributed by atoms with Gasteiger partial charge in [0.15, 0.2) is 0 Å². The number of hydrogen-bond acceptors (Lipinski definition) is 3. The van der Waals surface area contributed by atoms with E-state index in [2.05, 4.69) is 4.98 Å². The highest BCUT2D eigenvalue weighted by atomic mass is 16.4. The maximum atomic E-state index is 11.0. The molecular weight excluding hydrogens is 240 g/mol. The molecule has 0 fully saturated rings. The van der Waals surface area contributed by atoms with Crippen LogP contribution in [0.25, 0.3) is 0 Å². The third kappa shape index (κ3) is 3.10. The standard InChI is InChI=1S/C15H16N2O2/c1-11-5-6-13(15(18)19)8-14(11)17(2)10-12-4-3-7-16-9-12/h3-9H,10H2,1-2H3,(H,18,19). The first-order valence-corrected chi connectivity index (χ1v) is 6.02. The molecule has 0 atom stereocenters. The molecule has 1 aromatic heterocycles. The number of carbonyl (C=O) groups is 1. The number of aromatic nitrogens is 1. The zero-order chi connectivity index (χ0) is 13.8. The second kappa shape index (κ2) is 5.52. The van der Waals surface area contributed by atoms with Crippen LogP contribution < -0.4 is 4.90 Å². The number of anilines is 1. The number of hydrogen-bond donors (Lipinski definition) is 1. The molecule has 0 amide bonds. The van der Waals surface area contributed by atoms with E-state index in [0.29, 0.717) is 12.1 Å². The minimum absolute atomic E-state index is 0.304. The average molecular weight is 256 g/mol. The van der Waals surface area contributed by atoms with E-state index in [9.17, 15) is 4.79 Å². The summed E-state index contributed by atoms with van der Waals surface area (Å²) in [4.78, 5) is 17.1. The Morgan fingerprint density at radius 3 is 2.79 bits per heavy atom. The summed E-state index contributed by atoms with van der Waals surface area (Å²) in [6, 6.07) is 9.05.